The van der Waals surface area contributed by atoms with Crippen LogP contribution >= 0.6 is 0 Å². The van der Waals surface area contributed by atoms with E-state index < -0.39 is 0 Å². The summed E-state index contributed by atoms with van der Waals surface area (Å²) in [4.78, 5) is 0. The van der Waals surface area contributed by atoms with Crippen LogP contribution in [0, 0.1) is 7.14 Å². The van der Waals surface area contributed by atoms with Crippen LogP contribution in [-0.4, -0.2) is 0 Å². The fourth-order valence-electron chi connectivity index (χ4n) is 5.19. The minimum Gasteiger partial charge on any atom is -1.00 e. The summed E-state index contributed by atoms with van der Waals surface area (Å²) in [6, 6.07) is 19.2. The molecular formula is C36H58BrI. The second kappa shape index (κ2) is 25.6. The Kier molecular flexibility index (Phi) is 24.0. The molecule has 0 saturated heterocycles. The first kappa shape index (κ1) is 35.7. The molecule has 2 rings (SSSR count). The summed E-state index contributed by atoms with van der Waals surface area (Å²) in [5, 5.41) is 0. The molecule has 0 aliphatic carbocycles. The van der Waals surface area contributed by atoms with Gasteiger partial charge in [0, 0.05) is 0 Å². The van der Waals surface area contributed by atoms with E-state index in [-0.39, 0.29) is 38.2 Å². The molecule has 0 heterocycles. The summed E-state index contributed by atoms with van der Waals surface area (Å²) in [5.74, 6) is 0. The predicted molar refractivity (Wildman–Crippen MR) is 161 cm³/mol. The maximum absolute atomic E-state index is 2.40. The minimum atomic E-state index is -0.0574. The van der Waals surface area contributed by atoms with E-state index in [0.717, 1.165) is 0 Å². The molecule has 0 amide bonds. The molecule has 0 unspecified atom stereocenters. The SMILES string of the molecule is CCCCCCCCCCCCc1ccc([I+]c2ccc(CCCCCCCCCCCC)cc2)cc1.[Br-]. The number of unbranched alkanes of at least 4 members (excludes halogenated alkanes) is 18. The van der Waals surface area contributed by atoms with E-state index in [2.05, 4.69) is 62.4 Å². The van der Waals surface area contributed by atoms with Crippen molar-refractivity contribution in [3.63, 3.8) is 0 Å². The third-order valence-corrected chi connectivity index (χ3v) is 10.4. The molecule has 0 bridgehead atoms. The Balaban J connectivity index is 0.00000722. The van der Waals surface area contributed by atoms with E-state index in [0.29, 0.717) is 0 Å². The molecule has 0 nitrogen and oxygen atoms in total. The molecule has 0 saturated carbocycles. The summed E-state index contributed by atoms with van der Waals surface area (Å²) < 4.78 is 3.10. The molecule has 0 aliphatic heterocycles. The van der Waals surface area contributed by atoms with Crippen LogP contribution < -0.4 is 38.2 Å². The smallest absolute Gasteiger partial charge is 0.357 e. The van der Waals surface area contributed by atoms with Gasteiger partial charge in [-0.3, -0.25) is 0 Å². The van der Waals surface area contributed by atoms with E-state index in [1.807, 2.05) is 0 Å². The van der Waals surface area contributed by atoms with Gasteiger partial charge in [0.1, 0.15) is 0 Å². The molecule has 216 valence electrons. The molecule has 0 aromatic heterocycles. The monoisotopic (exact) mass is 696 g/mol. The minimum absolute atomic E-state index is 0. The van der Waals surface area contributed by atoms with Crippen molar-refractivity contribution in [2.24, 2.45) is 0 Å². The van der Waals surface area contributed by atoms with Crippen LogP contribution in [0.5, 0.6) is 0 Å². The first-order chi connectivity index (χ1) is 18.3. The maximum atomic E-state index is 2.40. The van der Waals surface area contributed by atoms with Crippen LogP contribution in [-0.2, 0) is 12.8 Å². The lowest BCUT2D eigenvalue weighted by Crippen LogP contribution is -3.61. The Morgan fingerprint density at radius 2 is 0.632 bits per heavy atom. The summed E-state index contributed by atoms with van der Waals surface area (Å²) in [6.07, 6.45) is 30.9. The fraction of sp³-hybridized carbons (Fsp3) is 0.667. The first-order valence-corrected chi connectivity index (χ1v) is 18.3. The number of aryl methyl sites for hydroxylation is 2. The second-order valence-corrected chi connectivity index (χ2v) is 14.2. The zero-order chi connectivity index (χ0) is 26.2. The number of hydrogen-bond acceptors (Lipinski definition) is 0. The van der Waals surface area contributed by atoms with Crippen LogP contribution in [0.2, 0.25) is 0 Å². The first-order valence-electron chi connectivity index (χ1n) is 16.1. The molecule has 0 fully saturated rings. The zero-order valence-corrected chi connectivity index (χ0v) is 28.7. The summed E-state index contributed by atoms with van der Waals surface area (Å²) in [6.45, 7) is 4.60. The molecule has 2 aromatic rings. The van der Waals surface area contributed by atoms with Crippen molar-refractivity contribution in [3.05, 3.63) is 66.8 Å². The van der Waals surface area contributed by atoms with Crippen molar-refractivity contribution in [1.29, 1.82) is 0 Å². The van der Waals surface area contributed by atoms with E-state index in [1.54, 1.807) is 7.14 Å². The molecule has 0 N–H and O–H groups in total. The Hall–Kier alpha value is -0.350. The highest BCUT2D eigenvalue weighted by Gasteiger charge is 2.15. The van der Waals surface area contributed by atoms with E-state index >= 15 is 0 Å². The fourth-order valence-corrected chi connectivity index (χ4v) is 7.34. The third kappa shape index (κ3) is 18.9. The van der Waals surface area contributed by atoms with Crippen molar-refractivity contribution in [2.45, 2.75) is 155 Å². The quantitative estimate of drug-likeness (QED) is 0.0970. The molecule has 0 spiro atoms. The van der Waals surface area contributed by atoms with Gasteiger partial charge in [-0.15, -0.1) is 0 Å². The standard InChI is InChI=1S/C36H58I.BrH/c1-3-5-7-9-11-13-15-17-19-21-23-33-25-29-35(30-26-33)37-36-31-27-34(28-32-36)24-22-20-18-16-14-12-10-8-6-4-2;/h25-32H,3-24H2,1-2H3;1H/q+1;/p-1. The van der Waals surface area contributed by atoms with Crippen molar-refractivity contribution < 1.29 is 38.2 Å². The molecule has 2 aromatic carbocycles. The average molecular weight is 698 g/mol. The van der Waals surface area contributed by atoms with Crippen molar-refractivity contribution >= 4 is 0 Å². The second-order valence-electron chi connectivity index (χ2n) is 11.2. The lowest BCUT2D eigenvalue weighted by molar-refractivity contribution is -0.597. The van der Waals surface area contributed by atoms with Crippen LogP contribution in [0.1, 0.15) is 153 Å². The van der Waals surface area contributed by atoms with Gasteiger partial charge in [0.15, 0.2) is 7.14 Å². The van der Waals surface area contributed by atoms with Gasteiger partial charge in [-0.2, -0.15) is 0 Å². The summed E-state index contributed by atoms with van der Waals surface area (Å²) in [7, 11) is 0. The zero-order valence-electron chi connectivity index (χ0n) is 24.9. The van der Waals surface area contributed by atoms with Crippen LogP contribution in [0.25, 0.3) is 0 Å². The topological polar surface area (TPSA) is 0 Å². The van der Waals surface area contributed by atoms with Gasteiger partial charge < -0.3 is 17.0 Å². The summed E-state index contributed by atoms with van der Waals surface area (Å²) >= 11 is -0.0574. The number of hydrogen-bond donors (Lipinski definition) is 0. The third-order valence-electron chi connectivity index (χ3n) is 7.68. The van der Waals surface area contributed by atoms with Crippen molar-refractivity contribution in [2.75, 3.05) is 0 Å². The molecule has 0 aliphatic rings. The average Bonchev–Trinajstić information content (AvgIpc) is 2.92. The maximum Gasteiger partial charge on any atom is 0.357 e. The van der Waals surface area contributed by atoms with Gasteiger partial charge in [-0.05, 0) is 61.1 Å². The van der Waals surface area contributed by atoms with E-state index in [9.17, 15) is 0 Å². The summed E-state index contributed by atoms with van der Waals surface area (Å²) in [5.41, 5.74) is 3.05. The van der Waals surface area contributed by atoms with Gasteiger partial charge in [-0.25, -0.2) is 0 Å². The van der Waals surface area contributed by atoms with Gasteiger partial charge >= 0.3 is 21.2 Å². The Bertz CT molecular complexity index is 686. The molecular weight excluding hydrogens is 639 g/mol. The molecule has 2 heteroatoms. The number of rotatable bonds is 24. The van der Waals surface area contributed by atoms with Gasteiger partial charge in [0.25, 0.3) is 0 Å². The Morgan fingerprint density at radius 1 is 0.368 bits per heavy atom. The highest BCUT2D eigenvalue weighted by molar-refractivity contribution is 5.16. The normalized spacial score (nSPS) is 11.0. The van der Waals surface area contributed by atoms with Crippen molar-refractivity contribution in [1.82, 2.24) is 0 Å². The molecule has 38 heavy (non-hydrogen) atoms. The highest BCUT2D eigenvalue weighted by Crippen LogP contribution is 2.13. The lowest BCUT2D eigenvalue weighted by atomic mass is 10.0. The molecule has 0 radical (unpaired) electrons. The Morgan fingerprint density at radius 3 is 0.921 bits per heavy atom. The van der Waals surface area contributed by atoms with Gasteiger partial charge in [0.2, 0.25) is 0 Å². The number of halogens is 2. The van der Waals surface area contributed by atoms with Crippen molar-refractivity contribution in [3.8, 4) is 0 Å². The van der Waals surface area contributed by atoms with E-state index in [4.69, 9.17) is 0 Å². The van der Waals surface area contributed by atoms with Crippen LogP contribution in [0.4, 0.5) is 0 Å². The number of benzene rings is 2. The largest absolute Gasteiger partial charge is 1.00 e. The van der Waals surface area contributed by atoms with Crippen LogP contribution in [0.3, 0.4) is 0 Å². The lowest BCUT2D eigenvalue weighted by Gasteiger charge is -2.03. The molecule has 0 atom stereocenters. The van der Waals surface area contributed by atoms with Gasteiger partial charge in [0.05, 0.1) is 0 Å². The van der Waals surface area contributed by atoms with E-state index in [1.165, 1.54) is 152 Å². The van der Waals surface area contributed by atoms with Crippen LogP contribution in [0.15, 0.2) is 48.5 Å². The Labute approximate surface area is 258 Å². The predicted octanol–water partition coefficient (Wildman–Crippen LogP) is 5.75. The van der Waals surface area contributed by atoms with Gasteiger partial charge in [-0.1, -0.05) is 154 Å². The highest BCUT2D eigenvalue weighted by atomic mass is 127.